The SMILES string of the molecule is COC(=O)c1ccc(OC)c(CSc2nc3c(sc(=S)n3-c3ccccc3)c(=O)[nH]2)c1. The minimum atomic E-state index is -0.429. The maximum atomic E-state index is 12.7. The van der Waals surface area contributed by atoms with Crippen LogP contribution in [0.1, 0.15) is 15.9 Å². The summed E-state index contributed by atoms with van der Waals surface area (Å²) >= 11 is 8.04. The van der Waals surface area contributed by atoms with Crippen LogP contribution in [0.2, 0.25) is 0 Å². The molecule has 0 saturated carbocycles. The number of ether oxygens (including phenoxy) is 2. The quantitative estimate of drug-likeness (QED) is 0.190. The number of nitrogens with zero attached hydrogens (tertiary/aromatic N) is 2. The molecular weight excluding hydrogens is 454 g/mol. The van der Waals surface area contributed by atoms with Crippen molar-refractivity contribution >= 4 is 51.6 Å². The monoisotopic (exact) mass is 471 g/mol. The molecule has 0 aliphatic carbocycles. The smallest absolute Gasteiger partial charge is 0.337 e. The Kier molecular flexibility index (Phi) is 6.21. The van der Waals surface area contributed by atoms with E-state index in [9.17, 15) is 9.59 Å². The van der Waals surface area contributed by atoms with Crippen LogP contribution in [0.25, 0.3) is 16.0 Å². The van der Waals surface area contributed by atoms with Crippen LogP contribution in [0.4, 0.5) is 0 Å². The normalized spacial score (nSPS) is 10.9. The Labute approximate surface area is 190 Å². The zero-order valence-electron chi connectivity index (χ0n) is 16.6. The summed E-state index contributed by atoms with van der Waals surface area (Å²) in [5, 5.41) is 0.445. The summed E-state index contributed by atoms with van der Waals surface area (Å²) in [7, 11) is 2.90. The highest BCUT2D eigenvalue weighted by molar-refractivity contribution is 7.98. The molecule has 0 spiro atoms. The maximum Gasteiger partial charge on any atom is 0.337 e. The van der Waals surface area contributed by atoms with Gasteiger partial charge in [0.05, 0.1) is 19.8 Å². The van der Waals surface area contributed by atoms with Crippen molar-refractivity contribution in [2.75, 3.05) is 14.2 Å². The van der Waals surface area contributed by atoms with Gasteiger partial charge in [-0.3, -0.25) is 9.36 Å². The fourth-order valence-corrected chi connectivity index (χ4v) is 5.15. The lowest BCUT2D eigenvalue weighted by atomic mass is 10.1. The Morgan fingerprint density at radius 1 is 1.23 bits per heavy atom. The first-order valence-corrected chi connectivity index (χ1v) is 11.3. The summed E-state index contributed by atoms with van der Waals surface area (Å²) in [5.41, 5.74) is 2.33. The first kappa shape index (κ1) is 21.3. The lowest BCUT2D eigenvalue weighted by molar-refractivity contribution is 0.0600. The fourth-order valence-electron chi connectivity index (χ4n) is 3.05. The summed E-state index contributed by atoms with van der Waals surface area (Å²) < 4.78 is 13.0. The molecule has 0 unspecified atom stereocenters. The Morgan fingerprint density at radius 2 is 2.00 bits per heavy atom. The van der Waals surface area contributed by atoms with Gasteiger partial charge in [-0.05, 0) is 42.5 Å². The van der Waals surface area contributed by atoms with E-state index in [1.165, 1.54) is 30.2 Å². The Morgan fingerprint density at radius 3 is 2.71 bits per heavy atom. The van der Waals surface area contributed by atoms with E-state index >= 15 is 0 Å². The number of carbonyl (C=O) groups excluding carboxylic acids is 1. The predicted molar refractivity (Wildman–Crippen MR) is 124 cm³/mol. The largest absolute Gasteiger partial charge is 0.496 e. The minimum absolute atomic E-state index is 0.242. The number of fused-ring (bicyclic) bond motifs is 1. The van der Waals surface area contributed by atoms with Gasteiger partial charge >= 0.3 is 5.97 Å². The first-order valence-electron chi connectivity index (χ1n) is 9.11. The van der Waals surface area contributed by atoms with E-state index < -0.39 is 5.97 Å². The molecule has 0 radical (unpaired) electrons. The number of methoxy groups -OCH3 is 2. The standard InChI is InChI=1S/C21H17N3O4S3/c1-27-15-9-8-12(19(26)28-2)10-13(15)11-30-20-22-17-16(18(25)23-20)31-21(29)24(17)14-6-4-3-5-7-14/h3-10H,11H2,1-2H3,(H,22,23,25). The molecule has 4 aromatic rings. The molecule has 7 nitrogen and oxygen atoms in total. The third-order valence-corrected chi connectivity index (χ3v) is 6.79. The van der Waals surface area contributed by atoms with Crippen LogP contribution in [0.3, 0.4) is 0 Å². The minimum Gasteiger partial charge on any atom is -0.496 e. The number of esters is 1. The summed E-state index contributed by atoms with van der Waals surface area (Å²) in [4.78, 5) is 32.0. The van der Waals surface area contributed by atoms with Gasteiger partial charge < -0.3 is 14.5 Å². The fraction of sp³-hybridized carbons (Fsp3) is 0.143. The van der Waals surface area contributed by atoms with Crippen molar-refractivity contribution in [3.05, 3.63) is 74.0 Å². The number of para-hydroxylation sites is 1. The number of rotatable bonds is 6. The molecule has 2 aromatic carbocycles. The molecule has 0 aliphatic heterocycles. The number of carbonyl (C=O) groups is 1. The van der Waals surface area contributed by atoms with E-state index in [4.69, 9.17) is 21.7 Å². The van der Waals surface area contributed by atoms with Crippen LogP contribution in [-0.4, -0.2) is 34.7 Å². The molecule has 0 aliphatic rings. The van der Waals surface area contributed by atoms with Gasteiger partial charge in [0.15, 0.2) is 14.8 Å². The second-order valence-corrected chi connectivity index (χ2v) is 8.98. The highest BCUT2D eigenvalue weighted by atomic mass is 32.2. The Balaban J connectivity index is 1.71. The molecule has 158 valence electrons. The second kappa shape index (κ2) is 9.04. The van der Waals surface area contributed by atoms with Crippen molar-refractivity contribution in [3.8, 4) is 11.4 Å². The number of hydrogen-bond donors (Lipinski definition) is 1. The number of aromatic nitrogens is 3. The number of aromatic amines is 1. The van der Waals surface area contributed by atoms with Gasteiger partial charge in [0, 0.05) is 17.0 Å². The van der Waals surface area contributed by atoms with Gasteiger partial charge in [-0.15, -0.1) is 0 Å². The molecule has 0 atom stereocenters. The van der Waals surface area contributed by atoms with Crippen LogP contribution in [0.15, 0.2) is 58.5 Å². The number of thiazole rings is 1. The molecule has 10 heteroatoms. The van der Waals surface area contributed by atoms with Crippen molar-refractivity contribution in [3.63, 3.8) is 0 Å². The molecule has 4 rings (SSSR count). The predicted octanol–water partition coefficient (Wildman–Crippen LogP) is 4.59. The number of H-pyrrole nitrogens is 1. The van der Waals surface area contributed by atoms with E-state index in [1.54, 1.807) is 29.9 Å². The zero-order valence-corrected chi connectivity index (χ0v) is 19.0. The van der Waals surface area contributed by atoms with Crippen molar-refractivity contribution in [1.82, 2.24) is 14.5 Å². The third-order valence-electron chi connectivity index (χ3n) is 4.50. The van der Waals surface area contributed by atoms with E-state index in [2.05, 4.69) is 9.97 Å². The van der Waals surface area contributed by atoms with E-state index in [0.29, 0.717) is 36.5 Å². The number of nitrogens with one attached hydrogen (secondary N) is 1. The zero-order chi connectivity index (χ0) is 22.0. The Hall–Kier alpha value is -2.95. The molecule has 0 fully saturated rings. The van der Waals surface area contributed by atoms with Crippen molar-refractivity contribution in [1.29, 1.82) is 0 Å². The average Bonchev–Trinajstić information content (AvgIpc) is 3.13. The average molecular weight is 472 g/mol. The van der Waals surface area contributed by atoms with Gasteiger partial charge in [-0.2, -0.15) is 0 Å². The van der Waals surface area contributed by atoms with Crippen molar-refractivity contribution < 1.29 is 14.3 Å². The van der Waals surface area contributed by atoms with Crippen molar-refractivity contribution in [2.45, 2.75) is 10.9 Å². The summed E-state index contributed by atoms with van der Waals surface area (Å²) in [5.74, 6) is 0.631. The third kappa shape index (κ3) is 4.27. The highest BCUT2D eigenvalue weighted by Crippen LogP contribution is 2.29. The highest BCUT2D eigenvalue weighted by Gasteiger charge is 2.15. The topological polar surface area (TPSA) is 86.2 Å². The molecule has 0 bridgehead atoms. The van der Waals surface area contributed by atoms with E-state index in [-0.39, 0.29) is 5.56 Å². The van der Waals surface area contributed by atoms with E-state index in [0.717, 1.165) is 11.3 Å². The lowest BCUT2D eigenvalue weighted by Gasteiger charge is -2.10. The molecule has 0 saturated heterocycles. The number of hydrogen-bond acceptors (Lipinski definition) is 8. The molecule has 2 heterocycles. The van der Waals surface area contributed by atoms with Crippen LogP contribution in [0, 0.1) is 3.95 Å². The summed E-state index contributed by atoms with van der Waals surface area (Å²) in [6.07, 6.45) is 0. The molecule has 2 aromatic heterocycles. The van der Waals surface area contributed by atoms with Gasteiger partial charge in [0.25, 0.3) is 5.56 Å². The van der Waals surface area contributed by atoms with Crippen LogP contribution in [0.5, 0.6) is 5.75 Å². The van der Waals surface area contributed by atoms with Gasteiger partial charge in [0.1, 0.15) is 10.4 Å². The van der Waals surface area contributed by atoms with Gasteiger partial charge in [-0.1, -0.05) is 41.3 Å². The van der Waals surface area contributed by atoms with Crippen LogP contribution in [-0.2, 0) is 10.5 Å². The lowest BCUT2D eigenvalue weighted by Crippen LogP contribution is -2.09. The van der Waals surface area contributed by atoms with E-state index in [1.807, 2.05) is 30.3 Å². The molecule has 0 amide bonds. The maximum absolute atomic E-state index is 12.7. The second-order valence-electron chi connectivity index (χ2n) is 6.37. The Bertz CT molecular complexity index is 1380. The first-order chi connectivity index (χ1) is 15.0. The molecular formula is C21H17N3O4S3. The molecule has 31 heavy (non-hydrogen) atoms. The summed E-state index contributed by atoms with van der Waals surface area (Å²) in [6, 6.07) is 14.6. The van der Waals surface area contributed by atoms with Crippen LogP contribution >= 0.6 is 35.3 Å². The number of benzene rings is 2. The summed E-state index contributed by atoms with van der Waals surface area (Å²) in [6.45, 7) is 0. The number of thioether (sulfide) groups is 1. The van der Waals surface area contributed by atoms with Gasteiger partial charge in [0.2, 0.25) is 0 Å². The van der Waals surface area contributed by atoms with Crippen molar-refractivity contribution in [2.24, 2.45) is 0 Å². The van der Waals surface area contributed by atoms with Gasteiger partial charge in [-0.25, -0.2) is 9.78 Å². The van der Waals surface area contributed by atoms with Crippen LogP contribution < -0.4 is 10.3 Å². The molecule has 1 N–H and O–H groups in total.